The highest BCUT2D eigenvalue weighted by Crippen LogP contribution is 2.24. The number of para-hydroxylation sites is 1. The van der Waals surface area contributed by atoms with E-state index in [2.05, 4.69) is 6.92 Å². The topological polar surface area (TPSA) is 55.8 Å². The zero-order valence-electron chi connectivity index (χ0n) is 15.9. The van der Waals surface area contributed by atoms with Crippen LogP contribution < -0.4 is 4.90 Å². The van der Waals surface area contributed by atoms with E-state index < -0.39 is 18.0 Å². The highest BCUT2D eigenvalue weighted by Gasteiger charge is 2.36. The van der Waals surface area contributed by atoms with E-state index in [4.69, 9.17) is 9.47 Å². The lowest BCUT2D eigenvalue weighted by atomic mass is 10.1. The van der Waals surface area contributed by atoms with Crippen LogP contribution in [0.4, 0.5) is 5.69 Å². The van der Waals surface area contributed by atoms with E-state index in [-0.39, 0.29) is 0 Å². The molecule has 0 spiro atoms. The molecule has 1 rings (SSSR count). The summed E-state index contributed by atoms with van der Waals surface area (Å²) in [5.74, 6) is -1.08. The van der Waals surface area contributed by atoms with Gasteiger partial charge in [-0.2, -0.15) is 0 Å². The van der Waals surface area contributed by atoms with E-state index in [0.717, 1.165) is 24.1 Å². The Morgan fingerprint density at radius 2 is 1.52 bits per heavy atom. The minimum Gasteiger partial charge on any atom is -0.464 e. The summed E-state index contributed by atoms with van der Waals surface area (Å²) in [6, 6.07) is 6.69. The lowest BCUT2D eigenvalue weighted by Gasteiger charge is -2.31. The van der Waals surface area contributed by atoms with Crippen molar-refractivity contribution in [1.29, 1.82) is 0 Å². The molecule has 0 fully saturated rings. The number of anilines is 1. The summed E-state index contributed by atoms with van der Waals surface area (Å²) in [6.45, 7) is 9.09. The molecule has 0 unspecified atom stereocenters. The minimum absolute atomic E-state index is 0.297. The van der Waals surface area contributed by atoms with Gasteiger partial charge in [0, 0.05) is 12.2 Å². The molecule has 140 valence electrons. The van der Waals surface area contributed by atoms with Gasteiger partial charge in [0.1, 0.15) is 0 Å². The van der Waals surface area contributed by atoms with Crippen LogP contribution in [0.5, 0.6) is 0 Å². The van der Waals surface area contributed by atoms with E-state index in [1.54, 1.807) is 0 Å². The fraction of sp³-hybridized carbons (Fsp3) is 0.600. The summed E-state index contributed by atoms with van der Waals surface area (Å²) in [5, 5.41) is 0. The number of carbonyl (C=O) groups is 2. The molecule has 0 N–H and O–H groups in total. The average molecular weight is 349 g/mol. The van der Waals surface area contributed by atoms with Crippen LogP contribution in [0.15, 0.2) is 24.3 Å². The summed E-state index contributed by atoms with van der Waals surface area (Å²) in [7, 11) is 0. The SMILES string of the molecule is CCCCN(c1ccccc1C)C(C(=O)OCCC)C(=O)OCCC. The Hall–Kier alpha value is -2.04. The second-order valence-electron chi connectivity index (χ2n) is 6.07. The van der Waals surface area contributed by atoms with Gasteiger partial charge in [-0.15, -0.1) is 0 Å². The lowest BCUT2D eigenvalue weighted by molar-refractivity contribution is -0.157. The van der Waals surface area contributed by atoms with Crippen molar-refractivity contribution >= 4 is 17.6 Å². The lowest BCUT2D eigenvalue weighted by Crippen LogP contribution is -2.49. The van der Waals surface area contributed by atoms with Crippen LogP contribution in [-0.4, -0.2) is 37.7 Å². The number of ether oxygens (including phenoxy) is 2. The Morgan fingerprint density at radius 3 is 2.00 bits per heavy atom. The van der Waals surface area contributed by atoms with Gasteiger partial charge in [0.05, 0.1) is 13.2 Å². The van der Waals surface area contributed by atoms with Crippen molar-refractivity contribution in [2.45, 2.75) is 59.4 Å². The van der Waals surface area contributed by atoms with Gasteiger partial charge < -0.3 is 14.4 Å². The number of hydrogen-bond acceptors (Lipinski definition) is 5. The van der Waals surface area contributed by atoms with Crippen molar-refractivity contribution in [3.05, 3.63) is 29.8 Å². The van der Waals surface area contributed by atoms with Crippen LogP contribution in [0.3, 0.4) is 0 Å². The fourth-order valence-electron chi connectivity index (χ4n) is 2.52. The highest BCUT2D eigenvalue weighted by atomic mass is 16.6. The third kappa shape index (κ3) is 6.40. The largest absolute Gasteiger partial charge is 0.464 e. The molecule has 0 radical (unpaired) electrons. The van der Waals surface area contributed by atoms with Crippen LogP contribution >= 0.6 is 0 Å². The molecule has 0 saturated heterocycles. The van der Waals surface area contributed by atoms with Crippen molar-refractivity contribution in [2.75, 3.05) is 24.7 Å². The van der Waals surface area contributed by atoms with Crippen molar-refractivity contribution in [3.8, 4) is 0 Å². The molecule has 5 heteroatoms. The molecular formula is C20H31NO4. The van der Waals surface area contributed by atoms with Crippen LogP contribution in [0.1, 0.15) is 52.0 Å². The molecule has 1 aromatic carbocycles. The molecule has 5 nitrogen and oxygen atoms in total. The maximum Gasteiger partial charge on any atom is 0.340 e. The van der Waals surface area contributed by atoms with Crippen LogP contribution in [-0.2, 0) is 19.1 Å². The number of rotatable bonds is 11. The number of carbonyl (C=O) groups excluding carboxylic acids is 2. The molecule has 0 amide bonds. The first-order valence-corrected chi connectivity index (χ1v) is 9.22. The molecule has 0 aliphatic heterocycles. The number of hydrogen-bond donors (Lipinski definition) is 0. The first-order chi connectivity index (χ1) is 12.1. The van der Waals surface area contributed by atoms with E-state index in [0.29, 0.717) is 32.6 Å². The third-order valence-electron chi connectivity index (χ3n) is 3.83. The maximum absolute atomic E-state index is 12.6. The molecule has 0 heterocycles. The second kappa shape index (κ2) is 11.5. The Balaban J connectivity index is 3.19. The summed E-state index contributed by atoms with van der Waals surface area (Å²) >= 11 is 0. The van der Waals surface area contributed by atoms with Crippen LogP contribution in [0.25, 0.3) is 0 Å². The number of unbranched alkanes of at least 4 members (excludes halogenated alkanes) is 1. The smallest absolute Gasteiger partial charge is 0.340 e. The summed E-state index contributed by atoms with van der Waals surface area (Å²) in [4.78, 5) is 27.1. The molecule has 0 aliphatic carbocycles. The molecule has 0 bridgehead atoms. The fourth-order valence-corrected chi connectivity index (χ4v) is 2.52. The van der Waals surface area contributed by atoms with E-state index in [1.807, 2.05) is 49.9 Å². The summed E-state index contributed by atoms with van der Waals surface area (Å²) in [5.41, 5.74) is 1.87. The first kappa shape index (κ1) is 21.0. The first-order valence-electron chi connectivity index (χ1n) is 9.22. The predicted molar refractivity (Wildman–Crippen MR) is 99.7 cm³/mol. The van der Waals surface area contributed by atoms with E-state index in [9.17, 15) is 9.59 Å². The third-order valence-corrected chi connectivity index (χ3v) is 3.83. The zero-order chi connectivity index (χ0) is 18.7. The van der Waals surface area contributed by atoms with Crippen molar-refractivity contribution in [1.82, 2.24) is 0 Å². The standard InChI is InChI=1S/C20H31NO4/c1-5-8-13-21(17-12-10-9-11-16(17)4)18(19(22)24-14-6-2)20(23)25-15-7-3/h9-12,18H,5-8,13-15H2,1-4H3. The molecule has 0 saturated carbocycles. The van der Waals surface area contributed by atoms with Gasteiger partial charge in [-0.05, 0) is 37.8 Å². The van der Waals surface area contributed by atoms with E-state index in [1.165, 1.54) is 0 Å². The van der Waals surface area contributed by atoms with Gasteiger partial charge in [0.2, 0.25) is 6.04 Å². The second-order valence-corrected chi connectivity index (χ2v) is 6.07. The number of nitrogens with zero attached hydrogens (tertiary/aromatic N) is 1. The van der Waals surface area contributed by atoms with Crippen molar-refractivity contribution < 1.29 is 19.1 Å². The predicted octanol–water partition coefficient (Wildman–Crippen LogP) is 3.88. The quantitative estimate of drug-likeness (QED) is 0.448. The van der Waals surface area contributed by atoms with Gasteiger partial charge in [-0.25, -0.2) is 9.59 Å². The zero-order valence-corrected chi connectivity index (χ0v) is 15.9. The molecule has 1 aromatic rings. The van der Waals surface area contributed by atoms with Gasteiger partial charge in [0.15, 0.2) is 0 Å². The van der Waals surface area contributed by atoms with Gasteiger partial charge in [-0.1, -0.05) is 45.4 Å². The Labute approximate surface area is 151 Å². The van der Waals surface area contributed by atoms with Crippen molar-refractivity contribution in [2.24, 2.45) is 0 Å². The molecule has 0 atom stereocenters. The summed E-state index contributed by atoms with van der Waals surface area (Å²) in [6.07, 6.45) is 3.25. The molecule has 0 aliphatic rings. The highest BCUT2D eigenvalue weighted by molar-refractivity contribution is 6.02. The molecule has 0 aromatic heterocycles. The minimum atomic E-state index is -1.06. The Kier molecular flexibility index (Phi) is 9.66. The summed E-state index contributed by atoms with van der Waals surface area (Å²) < 4.78 is 10.6. The van der Waals surface area contributed by atoms with Crippen molar-refractivity contribution in [3.63, 3.8) is 0 Å². The maximum atomic E-state index is 12.6. The average Bonchev–Trinajstić information content (AvgIpc) is 2.61. The molecular weight excluding hydrogens is 318 g/mol. The normalized spacial score (nSPS) is 10.6. The van der Waals surface area contributed by atoms with Gasteiger partial charge in [-0.3, -0.25) is 0 Å². The Morgan fingerprint density at radius 1 is 0.960 bits per heavy atom. The number of aryl methyl sites for hydroxylation is 1. The number of benzene rings is 1. The number of esters is 2. The van der Waals surface area contributed by atoms with Crippen LogP contribution in [0.2, 0.25) is 0 Å². The monoisotopic (exact) mass is 349 g/mol. The van der Waals surface area contributed by atoms with Crippen LogP contribution in [0, 0.1) is 6.92 Å². The molecule has 25 heavy (non-hydrogen) atoms. The van der Waals surface area contributed by atoms with Gasteiger partial charge in [0.25, 0.3) is 0 Å². The van der Waals surface area contributed by atoms with Gasteiger partial charge >= 0.3 is 11.9 Å². The van der Waals surface area contributed by atoms with E-state index >= 15 is 0 Å². The Bertz CT molecular complexity index is 524.